The van der Waals surface area contributed by atoms with E-state index in [4.69, 9.17) is 9.15 Å². The third-order valence-electron chi connectivity index (χ3n) is 5.00. The van der Waals surface area contributed by atoms with Crippen LogP contribution < -0.4 is 9.64 Å². The van der Waals surface area contributed by atoms with E-state index in [9.17, 15) is 4.79 Å². The van der Waals surface area contributed by atoms with Crippen LogP contribution in [0.15, 0.2) is 69.0 Å². The third kappa shape index (κ3) is 4.41. The molecule has 4 rings (SSSR count). The van der Waals surface area contributed by atoms with Crippen molar-refractivity contribution in [3.63, 3.8) is 0 Å². The lowest BCUT2D eigenvalue weighted by Gasteiger charge is -2.21. The van der Waals surface area contributed by atoms with Crippen LogP contribution in [0.5, 0.6) is 5.75 Å². The zero-order valence-electron chi connectivity index (χ0n) is 16.5. The van der Waals surface area contributed by atoms with Crippen molar-refractivity contribution >= 4 is 23.0 Å². The minimum absolute atomic E-state index is 0.0114. The fraction of sp³-hybridized carbons (Fsp3) is 0.273. The molecule has 0 aliphatic carbocycles. The van der Waals surface area contributed by atoms with Gasteiger partial charge in [0.2, 0.25) is 0 Å². The van der Waals surface area contributed by atoms with Gasteiger partial charge in [-0.25, -0.2) is 5.01 Å². The molecule has 1 aliphatic rings. The van der Waals surface area contributed by atoms with Crippen LogP contribution in [0.2, 0.25) is 0 Å². The first kappa shape index (κ1) is 19.4. The van der Waals surface area contributed by atoms with Crippen molar-refractivity contribution in [1.29, 1.82) is 0 Å². The molecule has 1 aromatic carbocycles. The summed E-state index contributed by atoms with van der Waals surface area (Å²) in [5.74, 6) is 1.53. The van der Waals surface area contributed by atoms with Crippen molar-refractivity contribution in [2.45, 2.75) is 19.0 Å². The summed E-state index contributed by atoms with van der Waals surface area (Å²) in [6, 6.07) is 13.4. The molecule has 29 heavy (non-hydrogen) atoms. The number of nitrogens with one attached hydrogen (secondary N) is 1. The Hall–Kier alpha value is -2.90. The van der Waals surface area contributed by atoms with Crippen LogP contribution in [0.3, 0.4) is 0 Å². The number of benzene rings is 1. The molecule has 7 heteroatoms. The summed E-state index contributed by atoms with van der Waals surface area (Å²) >= 11 is 1.67. The van der Waals surface area contributed by atoms with E-state index in [0.717, 1.165) is 34.2 Å². The minimum Gasteiger partial charge on any atom is -0.497 e. The number of amides is 1. The summed E-state index contributed by atoms with van der Waals surface area (Å²) in [5, 5.41) is 10.5. The number of hydrogen-bond acceptors (Lipinski definition) is 5. The fourth-order valence-electron chi connectivity index (χ4n) is 3.54. The minimum atomic E-state index is -0.219. The van der Waals surface area contributed by atoms with E-state index in [1.165, 1.54) is 5.56 Å². The second-order valence-corrected chi connectivity index (χ2v) is 7.97. The van der Waals surface area contributed by atoms with Gasteiger partial charge in [0.05, 0.1) is 26.1 Å². The lowest BCUT2D eigenvalue weighted by atomic mass is 10.0. The number of carbonyl (C=O) groups is 1. The highest BCUT2D eigenvalue weighted by Crippen LogP contribution is 2.33. The Morgan fingerprint density at radius 2 is 2.14 bits per heavy atom. The summed E-state index contributed by atoms with van der Waals surface area (Å²) in [7, 11) is 3.67. The molecule has 150 valence electrons. The van der Waals surface area contributed by atoms with E-state index in [1.807, 2.05) is 43.4 Å². The van der Waals surface area contributed by atoms with Crippen molar-refractivity contribution in [1.82, 2.24) is 5.01 Å². The normalized spacial score (nSPS) is 17.2. The molecular weight excluding hydrogens is 386 g/mol. The molecule has 0 spiro atoms. The molecule has 2 atom stereocenters. The lowest BCUT2D eigenvalue weighted by molar-refractivity contribution is -0.885. The quantitative estimate of drug-likeness (QED) is 0.652. The van der Waals surface area contributed by atoms with Gasteiger partial charge in [-0.15, -0.1) is 0 Å². The van der Waals surface area contributed by atoms with Gasteiger partial charge in [0.25, 0.3) is 5.91 Å². The highest BCUT2D eigenvalue weighted by atomic mass is 32.1. The van der Waals surface area contributed by atoms with E-state index in [-0.39, 0.29) is 11.9 Å². The van der Waals surface area contributed by atoms with E-state index < -0.39 is 0 Å². The number of methoxy groups -OCH3 is 1. The van der Waals surface area contributed by atoms with E-state index >= 15 is 0 Å². The van der Waals surface area contributed by atoms with E-state index in [1.54, 1.807) is 29.7 Å². The van der Waals surface area contributed by atoms with Crippen molar-refractivity contribution in [2.75, 3.05) is 20.7 Å². The number of quaternary nitrogens is 1. The molecular formula is C22H24N3O3S+. The first-order chi connectivity index (χ1) is 14.1. The predicted molar refractivity (Wildman–Crippen MR) is 112 cm³/mol. The van der Waals surface area contributed by atoms with Gasteiger partial charge < -0.3 is 14.1 Å². The maximum Gasteiger partial charge on any atom is 0.298 e. The lowest BCUT2D eigenvalue weighted by Crippen LogP contribution is -3.08. The van der Waals surface area contributed by atoms with Crippen molar-refractivity contribution in [3.8, 4) is 5.75 Å². The van der Waals surface area contributed by atoms with Gasteiger partial charge in [0.15, 0.2) is 6.54 Å². The number of nitrogens with zero attached hydrogens (tertiary/aromatic N) is 2. The summed E-state index contributed by atoms with van der Waals surface area (Å²) in [4.78, 5) is 14.2. The molecule has 1 N–H and O–H groups in total. The maximum absolute atomic E-state index is 13.1. The Kier molecular flexibility index (Phi) is 5.78. The highest BCUT2D eigenvalue weighted by Gasteiger charge is 2.35. The molecule has 3 heterocycles. The monoisotopic (exact) mass is 410 g/mol. The van der Waals surface area contributed by atoms with Gasteiger partial charge >= 0.3 is 0 Å². The van der Waals surface area contributed by atoms with Gasteiger partial charge in [-0.1, -0.05) is 0 Å². The van der Waals surface area contributed by atoms with Crippen LogP contribution in [0.1, 0.15) is 29.3 Å². The largest absolute Gasteiger partial charge is 0.497 e. The number of likely N-dealkylation sites (N-methyl/N-ethyl adjacent to an activating group) is 1. The molecule has 1 aliphatic heterocycles. The van der Waals surface area contributed by atoms with Crippen LogP contribution >= 0.6 is 11.3 Å². The van der Waals surface area contributed by atoms with Gasteiger partial charge in [-0.3, -0.25) is 4.79 Å². The zero-order chi connectivity index (χ0) is 20.2. The standard InChI is InChI=1S/C22H23N3O3S/c1-24(13-16-9-11-29-15-16)14-22(26)25-20(21-4-3-10-28-21)12-19(23-25)17-5-7-18(27-2)8-6-17/h3-11,15,20H,12-14H2,1-2H3/p+1/t20-/m1/s1. The summed E-state index contributed by atoms with van der Waals surface area (Å²) < 4.78 is 10.9. The SMILES string of the molecule is COc1ccc(C2=NN(C(=O)C[NH+](C)Cc3ccsc3)[C@@H](c3ccco3)C2)cc1. The predicted octanol–water partition coefficient (Wildman–Crippen LogP) is 2.74. The molecule has 6 nitrogen and oxygen atoms in total. The van der Waals surface area contributed by atoms with Crippen molar-refractivity contribution in [3.05, 3.63) is 76.4 Å². The molecule has 0 saturated carbocycles. The first-order valence-corrected chi connectivity index (χ1v) is 10.5. The molecule has 0 saturated heterocycles. The Bertz CT molecular complexity index is 965. The van der Waals surface area contributed by atoms with Gasteiger partial charge in [0.1, 0.15) is 24.1 Å². The van der Waals surface area contributed by atoms with Gasteiger partial charge in [-0.05, 0) is 58.8 Å². The summed E-state index contributed by atoms with van der Waals surface area (Å²) in [6.07, 6.45) is 2.26. The molecule has 0 radical (unpaired) electrons. The number of hydrogen-bond donors (Lipinski definition) is 1. The molecule has 1 unspecified atom stereocenters. The average Bonchev–Trinajstić information content (AvgIpc) is 3.48. The maximum atomic E-state index is 13.1. The Morgan fingerprint density at radius 3 is 2.79 bits per heavy atom. The van der Waals surface area contributed by atoms with E-state index in [2.05, 4.69) is 21.9 Å². The van der Waals surface area contributed by atoms with Crippen molar-refractivity contribution < 1.29 is 18.8 Å². The number of carbonyl (C=O) groups excluding carboxylic acids is 1. The summed E-state index contributed by atoms with van der Waals surface area (Å²) in [5.41, 5.74) is 3.10. The van der Waals surface area contributed by atoms with Crippen LogP contribution in [0.25, 0.3) is 0 Å². The molecule has 1 amide bonds. The van der Waals surface area contributed by atoms with Crippen LogP contribution in [-0.2, 0) is 11.3 Å². The zero-order valence-corrected chi connectivity index (χ0v) is 17.3. The highest BCUT2D eigenvalue weighted by molar-refractivity contribution is 7.07. The fourth-order valence-corrected chi connectivity index (χ4v) is 4.21. The van der Waals surface area contributed by atoms with E-state index in [0.29, 0.717) is 13.0 Å². The molecule has 0 bridgehead atoms. The van der Waals surface area contributed by atoms with Crippen LogP contribution in [0.4, 0.5) is 0 Å². The first-order valence-electron chi connectivity index (χ1n) is 9.54. The van der Waals surface area contributed by atoms with Crippen LogP contribution in [-0.4, -0.2) is 37.3 Å². The Morgan fingerprint density at radius 1 is 1.31 bits per heavy atom. The Balaban J connectivity index is 1.53. The number of rotatable bonds is 7. The summed E-state index contributed by atoms with van der Waals surface area (Å²) in [6.45, 7) is 1.18. The van der Waals surface area contributed by atoms with Crippen LogP contribution in [0, 0.1) is 0 Å². The number of furan rings is 1. The number of thiophene rings is 1. The average molecular weight is 411 g/mol. The Labute approximate surface area is 174 Å². The molecule has 2 aromatic heterocycles. The molecule has 3 aromatic rings. The van der Waals surface area contributed by atoms with Gasteiger partial charge in [0, 0.05) is 12.0 Å². The van der Waals surface area contributed by atoms with Crippen molar-refractivity contribution in [2.24, 2.45) is 5.10 Å². The smallest absolute Gasteiger partial charge is 0.298 e. The number of ether oxygens (including phenoxy) is 1. The second-order valence-electron chi connectivity index (χ2n) is 7.19. The number of hydrazone groups is 1. The topological polar surface area (TPSA) is 59.5 Å². The third-order valence-corrected chi connectivity index (χ3v) is 5.73. The second kappa shape index (κ2) is 8.63. The van der Waals surface area contributed by atoms with Gasteiger partial charge in [-0.2, -0.15) is 16.4 Å². The molecule has 0 fully saturated rings.